The molecule has 3 aliphatic heterocycles. The maximum absolute atomic E-state index is 13.1. The number of nitrogens with zero attached hydrogens (tertiary/aromatic N) is 6. The van der Waals surface area contributed by atoms with Gasteiger partial charge in [0.1, 0.15) is 28.4 Å². The average molecular weight is 784 g/mol. The van der Waals surface area contributed by atoms with E-state index in [-0.39, 0.29) is 30.0 Å². The third kappa shape index (κ3) is 8.62. The number of imide groups is 1. The number of aryl methyl sites for hydroxylation is 3. The van der Waals surface area contributed by atoms with Crippen LogP contribution in [0.4, 0.5) is 22.5 Å². The fourth-order valence-electron chi connectivity index (χ4n) is 7.29. The van der Waals surface area contributed by atoms with Gasteiger partial charge in [-0.25, -0.2) is 15.0 Å². The predicted octanol–water partition coefficient (Wildman–Crippen LogP) is 5.41. The molecule has 3 N–H and O–H groups in total. The number of para-hydroxylation sites is 1. The Kier molecular flexibility index (Phi) is 11.4. The monoisotopic (exact) mass is 783 g/mol. The zero-order chi connectivity index (χ0) is 38.6. The van der Waals surface area contributed by atoms with Crippen LogP contribution < -0.4 is 20.9 Å². The Balaban J connectivity index is 0.853. The van der Waals surface area contributed by atoms with E-state index in [0.717, 1.165) is 48.2 Å². The van der Waals surface area contributed by atoms with Gasteiger partial charge >= 0.3 is 0 Å². The molecule has 3 aliphatic rings. The zero-order valence-electron chi connectivity index (χ0n) is 30.7. The minimum atomic E-state index is -0.630. The number of anilines is 4. The molecule has 1 unspecified atom stereocenters. The summed E-state index contributed by atoms with van der Waals surface area (Å²) in [4.78, 5) is 82.8. The van der Waals surface area contributed by atoms with Gasteiger partial charge in [0.05, 0.1) is 16.9 Å². The van der Waals surface area contributed by atoms with Crippen molar-refractivity contribution in [2.24, 2.45) is 0 Å². The number of thiazole rings is 1. The molecule has 0 bridgehead atoms. The lowest BCUT2D eigenvalue weighted by Crippen LogP contribution is -2.52. The fourth-order valence-corrected chi connectivity index (χ4v) is 8.27. The summed E-state index contributed by atoms with van der Waals surface area (Å²) in [7, 11) is 0. The van der Waals surface area contributed by atoms with E-state index in [0.29, 0.717) is 83.5 Å². The summed E-state index contributed by atoms with van der Waals surface area (Å²) in [6.45, 7) is 6.52. The van der Waals surface area contributed by atoms with Gasteiger partial charge in [-0.15, -0.1) is 0 Å². The quantitative estimate of drug-likeness (QED) is 0.125. The molecule has 14 nitrogen and oxygen atoms in total. The van der Waals surface area contributed by atoms with Crippen LogP contribution in [0.1, 0.15) is 81.1 Å². The summed E-state index contributed by atoms with van der Waals surface area (Å²) in [5, 5.41) is 9.41. The molecule has 0 radical (unpaired) electrons. The number of nitrogens with one attached hydrogen (secondary N) is 3. The highest BCUT2D eigenvalue weighted by Gasteiger charge is 2.39. The van der Waals surface area contributed by atoms with Crippen molar-refractivity contribution in [3.63, 3.8) is 0 Å². The van der Waals surface area contributed by atoms with Gasteiger partial charge in [0.2, 0.25) is 17.7 Å². The Bertz CT molecular complexity index is 2130. The van der Waals surface area contributed by atoms with Crippen LogP contribution in [0.5, 0.6) is 0 Å². The van der Waals surface area contributed by atoms with Gasteiger partial charge in [0.25, 0.3) is 11.8 Å². The molecule has 286 valence electrons. The first kappa shape index (κ1) is 37.9. The molecule has 0 saturated carbocycles. The summed E-state index contributed by atoms with van der Waals surface area (Å²) in [6, 6.07) is 12.4. The van der Waals surface area contributed by atoms with Crippen LogP contribution in [0.2, 0.25) is 5.02 Å². The molecule has 0 aliphatic carbocycles. The van der Waals surface area contributed by atoms with Crippen molar-refractivity contribution in [2.75, 3.05) is 41.7 Å². The lowest BCUT2D eigenvalue weighted by atomic mass is 9.98. The number of benzene rings is 2. The summed E-state index contributed by atoms with van der Waals surface area (Å²) in [6.07, 6.45) is 5.86. The second kappa shape index (κ2) is 16.5. The first-order valence-corrected chi connectivity index (χ1v) is 19.7. The molecule has 2 aromatic carbocycles. The van der Waals surface area contributed by atoms with Gasteiger partial charge in [-0.05, 0) is 68.4 Å². The maximum Gasteiger partial charge on any atom is 0.267 e. The van der Waals surface area contributed by atoms with Crippen LogP contribution in [0.15, 0.2) is 48.7 Å². The second-order valence-corrected chi connectivity index (χ2v) is 15.4. The summed E-state index contributed by atoms with van der Waals surface area (Å²) in [5.74, 6) is 0.856. The number of carbonyl (C=O) groups excluding carboxylic acids is 5. The highest BCUT2D eigenvalue weighted by Crippen LogP contribution is 2.32. The van der Waals surface area contributed by atoms with E-state index < -0.39 is 11.9 Å². The minimum absolute atomic E-state index is 0.139. The van der Waals surface area contributed by atoms with Crippen molar-refractivity contribution >= 4 is 74.9 Å². The van der Waals surface area contributed by atoms with Crippen molar-refractivity contribution in [1.82, 2.24) is 30.1 Å². The van der Waals surface area contributed by atoms with Crippen LogP contribution in [-0.4, -0.2) is 86.5 Å². The Morgan fingerprint density at radius 1 is 1.00 bits per heavy atom. The largest absolute Gasteiger partial charge is 0.353 e. The molecule has 5 amide bonds. The number of piperazine rings is 1. The summed E-state index contributed by atoms with van der Waals surface area (Å²) < 4.78 is 0. The molecule has 7 rings (SSSR count). The van der Waals surface area contributed by atoms with Crippen LogP contribution >= 0.6 is 22.9 Å². The second-order valence-electron chi connectivity index (χ2n) is 14.0. The van der Waals surface area contributed by atoms with E-state index in [1.165, 1.54) is 17.5 Å². The summed E-state index contributed by atoms with van der Waals surface area (Å²) in [5.41, 5.74) is 4.10. The van der Waals surface area contributed by atoms with Gasteiger partial charge in [-0.1, -0.05) is 53.6 Å². The number of aromatic nitrogens is 3. The zero-order valence-corrected chi connectivity index (χ0v) is 32.3. The highest BCUT2D eigenvalue weighted by molar-refractivity contribution is 7.17. The summed E-state index contributed by atoms with van der Waals surface area (Å²) >= 11 is 7.49. The van der Waals surface area contributed by atoms with Crippen molar-refractivity contribution < 1.29 is 24.0 Å². The molecule has 2 fully saturated rings. The van der Waals surface area contributed by atoms with E-state index >= 15 is 0 Å². The Morgan fingerprint density at radius 2 is 1.80 bits per heavy atom. The Hall–Kier alpha value is -5.41. The van der Waals surface area contributed by atoms with Crippen molar-refractivity contribution in [1.29, 1.82) is 0 Å². The van der Waals surface area contributed by atoms with Crippen LogP contribution in [0.3, 0.4) is 0 Å². The van der Waals surface area contributed by atoms with Gasteiger partial charge in [-0.3, -0.25) is 29.3 Å². The average Bonchev–Trinajstić information content (AvgIpc) is 3.77. The van der Waals surface area contributed by atoms with E-state index in [4.69, 9.17) is 11.6 Å². The Labute approximate surface area is 327 Å². The van der Waals surface area contributed by atoms with Crippen LogP contribution in [-0.2, 0) is 27.3 Å². The molecule has 16 heteroatoms. The van der Waals surface area contributed by atoms with E-state index in [2.05, 4.69) is 35.8 Å². The lowest BCUT2D eigenvalue weighted by molar-refractivity contribution is -0.137. The number of fused-ring (bicyclic) bond motifs is 1. The SMILES string of the molecule is Cc1nc(Nc2ncc(C(=O)Nc3c(C)cccc3Cl)s2)cc(N2CCN(C(=O)CCCCCc3cccc4c3CN(C3CCC(=O)NC3=O)C4=O)CC2)n1. The van der Waals surface area contributed by atoms with Gasteiger partial charge < -0.3 is 25.3 Å². The van der Waals surface area contributed by atoms with Crippen molar-refractivity contribution in [3.05, 3.63) is 86.6 Å². The van der Waals surface area contributed by atoms with Gasteiger partial charge in [0, 0.05) is 57.2 Å². The number of halogens is 1. The van der Waals surface area contributed by atoms with Crippen molar-refractivity contribution in [2.45, 2.75) is 71.4 Å². The lowest BCUT2D eigenvalue weighted by Gasteiger charge is -2.35. The topological polar surface area (TPSA) is 170 Å². The molecule has 1 atom stereocenters. The molecular weight excluding hydrogens is 742 g/mol. The molecule has 2 aromatic heterocycles. The fraction of sp³-hybridized carbons (Fsp3) is 0.385. The number of unbranched alkanes of at least 4 members (excludes halogenated alkanes) is 2. The smallest absolute Gasteiger partial charge is 0.267 e. The number of carbonyl (C=O) groups is 5. The minimum Gasteiger partial charge on any atom is -0.353 e. The highest BCUT2D eigenvalue weighted by atomic mass is 35.5. The third-order valence-electron chi connectivity index (χ3n) is 10.2. The van der Waals surface area contributed by atoms with Gasteiger partial charge in [-0.2, -0.15) is 0 Å². The van der Waals surface area contributed by atoms with E-state index in [1.807, 2.05) is 49.1 Å². The molecule has 5 heterocycles. The normalized spacial score (nSPS) is 17.0. The first-order valence-electron chi connectivity index (χ1n) is 18.5. The molecule has 0 spiro atoms. The Morgan fingerprint density at radius 3 is 2.58 bits per heavy atom. The first-order chi connectivity index (χ1) is 26.5. The number of rotatable bonds is 12. The number of hydrogen-bond acceptors (Lipinski definition) is 11. The predicted molar refractivity (Wildman–Crippen MR) is 210 cm³/mol. The maximum atomic E-state index is 13.1. The standard InChI is InChI=1S/C39H42ClN9O5S/c1-23-8-6-12-28(40)35(23)46-37(53)30-21-41-39(55-30)44-31-20-32(43-24(2)42-31)47-16-18-48(19-17-47)34(51)13-5-3-4-9-25-10-7-11-26-27(25)22-49(38(26)54)29-14-15-33(50)45-36(29)52/h6-8,10-12,20-21,29H,3-5,9,13-19,22H2,1-2H3,(H,46,53)(H,45,50,52)(H,41,42,43,44). The van der Waals surface area contributed by atoms with E-state index in [9.17, 15) is 24.0 Å². The van der Waals surface area contributed by atoms with Crippen molar-refractivity contribution in [3.8, 4) is 0 Å². The third-order valence-corrected chi connectivity index (χ3v) is 11.4. The van der Waals surface area contributed by atoms with Crippen LogP contribution in [0, 0.1) is 13.8 Å². The molecular formula is C39H42ClN9O5S. The van der Waals surface area contributed by atoms with E-state index in [1.54, 1.807) is 17.0 Å². The molecule has 2 saturated heterocycles. The molecule has 55 heavy (non-hydrogen) atoms. The number of piperidine rings is 1. The van der Waals surface area contributed by atoms with Crippen LogP contribution in [0.25, 0.3) is 0 Å². The van der Waals surface area contributed by atoms with Gasteiger partial charge in [0.15, 0.2) is 5.13 Å². The number of amides is 5. The molecule has 4 aromatic rings. The number of hydrogen-bond donors (Lipinski definition) is 3.